The van der Waals surface area contributed by atoms with E-state index in [1.807, 2.05) is 0 Å². The van der Waals surface area contributed by atoms with Gasteiger partial charge in [-0.25, -0.2) is 0 Å². The quantitative estimate of drug-likeness (QED) is 0.600. The zero-order valence-electron chi connectivity index (χ0n) is 9.71. The Balaban J connectivity index is 2.01. The van der Waals surface area contributed by atoms with Crippen LogP contribution in [0.15, 0.2) is 24.3 Å². The van der Waals surface area contributed by atoms with Crippen LogP contribution >= 0.6 is 11.6 Å². The van der Waals surface area contributed by atoms with Gasteiger partial charge < -0.3 is 5.32 Å². The molecular formula is C14H20ClN. The number of halogens is 1. The average Bonchev–Trinajstić information content (AvgIpc) is 2.58. The van der Waals surface area contributed by atoms with Crippen molar-refractivity contribution in [2.75, 3.05) is 5.32 Å². The summed E-state index contributed by atoms with van der Waals surface area (Å²) in [4.78, 5) is 0. The van der Waals surface area contributed by atoms with Crippen LogP contribution in [-0.4, -0.2) is 6.04 Å². The lowest BCUT2D eigenvalue weighted by atomic mass is 10.1. The molecule has 0 aromatic heterocycles. The second-order valence-electron chi connectivity index (χ2n) is 4.62. The lowest BCUT2D eigenvalue weighted by Gasteiger charge is -2.19. The third-order valence-corrected chi connectivity index (χ3v) is 3.66. The molecule has 1 nitrogen and oxygen atoms in total. The van der Waals surface area contributed by atoms with E-state index in [9.17, 15) is 0 Å². The summed E-state index contributed by atoms with van der Waals surface area (Å²) in [6.45, 7) is 0. The minimum absolute atomic E-state index is 0.593. The molecule has 0 amide bonds. The van der Waals surface area contributed by atoms with E-state index in [0.717, 1.165) is 0 Å². The van der Waals surface area contributed by atoms with Crippen LogP contribution in [0.4, 0.5) is 5.69 Å². The van der Waals surface area contributed by atoms with Crippen molar-refractivity contribution in [3.8, 4) is 0 Å². The highest BCUT2D eigenvalue weighted by atomic mass is 35.5. The van der Waals surface area contributed by atoms with E-state index in [0.29, 0.717) is 11.9 Å². The van der Waals surface area contributed by atoms with Crippen LogP contribution in [0.1, 0.15) is 44.1 Å². The zero-order valence-corrected chi connectivity index (χ0v) is 10.5. The maximum atomic E-state index is 5.94. The first-order chi connectivity index (χ1) is 7.90. The van der Waals surface area contributed by atoms with Gasteiger partial charge in [-0.15, -0.1) is 11.6 Å². The lowest BCUT2D eigenvalue weighted by molar-refractivity contribution is 0.619. The molecule has 1 aliphatic rings. The Labute approximate surface area is 103 Å². The van der Waals surface area contributed by atoms with Gasteiger partial charge in [-0.2, -0.15) is 0 Å². The van der Waals surface area contributed by atoms with E-state index < -0.39 is 0 Å². The highest BCUT2D eigenvalue weighted by molar-refractivity contribution is 6.17. The van der Waals surface area contributed by atoms with Crippen LogP contribution in [0.5, 0.6) is 0 Å². The fraction of sp³-hybridized carbons (Fsp3) is 0.571. The van der Waals surface area contributed by atoms with Gasteiger partial charge in [0.2, 0.25) is 0 Å². The molecule has 1 aromatic rings. The van der Waals surface area contributed by atoms with Gasteiger partial charge >= 0.3 is 0 Å². The first-order valence-corrected chi connectivity index (χ1v) is 6.84. The number of para-hydroxylation sites is 1. The number of hydrogen-bond donors (Lipinski definition) is 1. The summed E-state index contributed by atoms with van der Waals surface area (Å²) in [5.41, 5.74) is 2.44. The molecule has 0 radical (unpaired) electrons. The van der Waals surface area contributed by atoms with E-state index in [1.54, 1.807) is 0 Å². The van der Waals surface area contributed by atoms with E-state index in [1.165, 1.54) is 49.8 Å². The van der Waals surface area contributed by atoms with Gasteiger partial charge in [-0.3, -0.25) is 0 Å². The summed E-state index contributed by atoms with van der Waals surface area (Å²) in [5.74, 6) is 0.593. The van der Waals surface area contributed by atoms with Crippen molar-refractivity contribution in [1.29, 1.82) is 0 Å². The van der Waals surface area contributed by atoms with E-state index in [4.69, 9.17) is 11.6 Å². The van der Waals surface area contributed by atoms with Gasteiger partial charge in [-0.05, 0) is 24.5 Å². The molecule has 0 spiro atoms. The predicted octanol–water partition coefficient (Wildman–Crippen LogP) is 4.56. The van der Waals surface area contributed by atoms with Crippen molar-refractivity contribution in [2.24, 2.45) is 0 Å². The van der Waals surface area contributed by atoms with Gasteiger partial charge in [-0.1, -0.05) is 43.9 Å². The Hall–Kier alpha value is -0.690. The van der Waals surface area contributed by atoms with Crippen molar-refractivity contribution in [3.05, 3.63) is 29.8 Å². The molecule has 0 unspecified atom stereocenters. The Morgan fingerprint density at radius 3 is 2.44 bits per heavy atom. The molecule has 0 saturated heterocycles. The van der Waals surface area contributed by atoms with Gasteiger partial charge in [0.1, 0.15) is 0 Å². The monoisotopic (exact) mass is 237 g/mol. The molecule has 1 aliphatic carbocycles. The lowest BCUT2D eigenvalue weighted by Crippen LogP contribution is -2.18. The SMILES string of the molecule is ClCc1ccccc1NC1CCCCCC1. The highest BCUT2D eigenvalue weighted by Gasteiger charge is 2.12. The molecule has 1 fully saturated rings. The summed E-state index contributed by atoms with van der Waals surface area (Å²) in [7, 11) is 0. The minimum atomic E-state index is 0.593. The maximum Gasteiger partial charge on any atom is 0.0494 e. The van der Waals surface area contributed by atoms with Gasteiger partial charge in [0.05, 0.1) is 0 Å². The Kier molecular flexibility index (Phi) is 4.53. The molecule has 2 heteroatoms. The molecule has 0 heterocycles. The predicted molar refractivity (Wildman–Crippen MR) is 71.1 cm³/mol. The third-order valence-electron chi connectivity index (χ3n) is 3.38. The topological polar surface area (TPSA) is 12.0 Å². The standard InChI is InChI=1S/C14H20ClN/c15-11-12-7-5-6-10-14(12)16-13-8-3-1-2-4-9-13/h5-7,10,13,16H,1-4,8-9,11H2. The molecule has 0 bridgehead atoms. The minimum Gasteiger partial charge on any atom is -0.382 e. The van der Waals surface area contributed by atoms with Crippen LogP contribution in [0.3, 0.4) is 0 Å². The number of alkyl halides is 1. The van der Waals surface area contributed by atoms with Crippen molar-refractivity contribution < 1.29 is 0 Å². The normalized spacial score (nSPS) is 18.1. The van der Waals surface area contributed by atoms with Gasteiger partial charge in [0.25, 0.3) is 0 Å². The summed E-state index contributed by atoms with van der Waals surface area (Å²) >= 11 is 5.94. The van der Waals surface area contributed by atoms with Crippen LogP contribution in [0, 0.1) is 0 Å². The number of nitrogens with one attached hydrogen (secondary N) is 1. The smallest absolute Gasteiger partial charge is 0.0494 e. The molecule has 2 rings (SSSR count). The second-order valence-corrected chi connectivity index (χ2v) is 4.89. The highest BCUT2D eigenvalue weighted by Crippen LogP contribution is 2.23. The van der Waals surface area contributed by atoms with Crippen molar-refractivity contribution in [1.82, 2.24) is 0 Å². The Morgan fingerprint density at radius 1 is 1.06 bits per heavy atom. The Morgan fingerprint density at radius 2 is 1.75 bits per heavy atom. The molecule has 16 heavy (non-hydrogen) atoms. The molecular weight excluding hydrogens is 218 g/mol. The maximum absolute atomic E-state index is 5.94. The molecule has 1 aromatic carbocycles. The summed E-state index contributed by atoms with van der Waals surface area (Å²) in [6, 6.07) is 9.02. The summed E-state index contributed by atoms with van der Waals surface area (Å²) in [6.07, 6.45) is 8.12. The molecule has 1 saturated carbocycles. The fourth-order valence-electron chi connectivity index (χ4n) is 2.42. The van der Waals surface area contributed by atoms with Crippen molar-refractivity contribution >= 4 is 17.3 Å². The van der Waals surface area contributed by atoms with Crippen LogP contribution in [0.25, 0.3) is 0 Å². The van der Waals surface area contributed by atoms with E-state index in [2.05, 4.69) is 29.6 Å². The molecule has 88 valence electrons. The zero-order chi connectivity index (χ0) is 11.2. The first-order valence-electron chi connectivity index (χ1n) is 6.30. The van der Waals surface area contributed by atoms with Crippen molar-refractivity contribution in [3.63, 3.8) is 0 Å². The fourth-order valence-corrected chi connectivity index (χ4v) is 2.65. The first kappa shape index (κ1) is 11.8. The third kappa shape index (κ3) is 3.15. The van der Waals surface area contributed by atoms with Crippen molar-refractivity contribution in [2.45, 2.75) is 50.4 Å². The molecule has 0 atom stereocenters. The molecule has 0 aliphatic heterocycles. The van der Waals surface area contributed by atoms with Crippen LogP contribution < -0.4 is 5.32 Å². The van der Waals surface area contributed by atoms with E-state index in [-0.39, 0.29) is 0 Å². The average molecular weight is 238 g/mol. The number of benzene rings is 1. The molecule has 1 N–H and O–H groups in total. The van der Waals surface area contributed by atoms with Gasteiger partial charge in [0, 0.05) is 17.6 Å². The van der Waals surface area contributed by atoms with E-state index >= 15 is 0 Å². The van der Waals surface area contributed by atoms with Gasteiger partial charge in [0.15, 0.2) is 0 Å². The van der Waals surface area contributed by atoms with Crippen LogP contribution in [0.2, 0.25) is 0 Å². The number of rotatable bonds is 3. The summed E-state index contributed by atoms with van der Waals surface area (Å²) < 4.78 is 0. The second kappa shape index (κ2) is 6.15. The Bertz CT molecular complexity index is 316. The number of hydrogen-bond acceptors (Lipinski definition) is 1. The van der Waals surface area contributed by atoms with Crippen LogP contribution in [-0.2, 0) is 5.88 Å². The number of anilines is 1. The largest absolute Gasteiger partial charge is 0.382 e. The summed E-state index contributed by atoms with van der Waals surface area (Å²) in [5, 5.41) is 3.66.